The molecular formula is C16H22N2. The van der Waals surface area contributed by atoms with E-state index >= 15 is 0 Å². The van der Waals surface area contributed by atoms with Gasteiger partial charge in [-0.15, -0.1) is 0 Å². The Labute approximate surface area is 110 Å². The van der Waals surface area contributed by atoms with Gasteiger partial charge >= 0.3 is 0 Å². The van der Waals surface area contributed by atoms with E-state index in [2.05, 4.69) is 49.2 Å². The highest BCUT2D eigenvalue weighted by atomic mass is 15.1. The summed E-state index contributed by atoms with van der Waals surface area (Å²) in [6.45, 7) is 4.13. The minimum Gasteiger partial charge on any atom is -0.304 e. The van der Waals surface area contributed by atoms with E-state index in [1.807, 2.05) is 0 Å². The van der Waals surface area contributed by atoms with Gasteiger partial charge in [-0.2, -0.15) is 5.26 Å². The molecule has 0 aromatic heterocycles. The minimum atomic E-state index is -0.0412. The predicted molar refractivity (Wildman–Crippen MR) is 74.3 cm³/mol. The smallest absolute Gasteiger partial charge is 0.0703 e. The Balaban J connectivity index is 1.84. The van der Waals surface area contributed by atoms with Crippen molar-refractivity contribution in [2.24, 2.45) is 5.41 Å². The van der Waals surface area contributed by atoms with Crippen LogP contribution >= 0.6 is 0 Å². The lowest BCUT2D eigenvalue weighted by atomic mass is 9.69. The summed E-state index contributed by atoms with van der Waals surface area (Å²) in [6.07, 6.45) is 4.46. The lowest BCUT2D eigenvalue weighted by molar-refractivity contribution is 0.139. The largest absolute Gasteiger partial charge is 0.304 e. The normalized spacial score (nSPS) is 17.2. The van der Waals surface area contributed by atoms with Crippen molar-refractivity contribution in [2.75, 3.05) is 20.1 Å². The molecular weight excluding hydrogens is 220 g/mol. The van der Waals surface area contributed by atoms with Gasteiger partial charge in [0.1, 0.15) is 0 Å². The zero-order valence-electron chi connectivity index (χ0n) is 11.4. The fourth-order valence-corrected chi connectivity index (χ4v) is 2.71. The quantitative estimate of drug-likeness (QED) is 0.793. The molecule has 0 heterocycles. The standard InChI is InChI=1S/C16H22N2/c1-14-6-3-4-7-15(14)8-11-18(2)13-16(12-17)9-5-10-16/h3-4,6-7H,5,8-11,13H2,1-2H3. The van der Waals surface area contributed by atoms with Crippen LogP contribution in [-0.4, -0.2) is 25.0 Å². The summed E-state index contributed by atoms with van der Waals surface area (Å²) >= 11 is 0. The maximum atomic E-state index is 9.24. The number of hydrogen-bond donors (Lipinski definition) is 0. The van der Waals surface area contributed by atoms with Gasteiger partial charge in [0.05, 0.1) is 11.5 Å². The molecule has 1 aliphatic carbocycles. The molecule has 1 aliphatic rings. The zero-order valence-corrected chi connectivity index (χ0v) is 11.4. The van der Waals surface area contributed by atoms with Crippen LogP contribution in [0.2, 0.25) is 0 Å². The molecule has 0 aliphatic heterocycles. The van der Waals surface area contributed by atoms with E-state index < -0.39 is 0 Å². The number of likely N-dealkylation sites (N-methyl/N-ethyl adjacent to an activating group) is 1. The van der Waals surface area contributed by atoms with Crippen molar-refractivity contribution in [2.45, 2.75) is 32.6 Å². The SMILES string of the molecule is Cc1ccccc1CCN(C)CC1(C#N)CCC1. The fraction of sp³-hybridized carbons (Fsp3) is 0.562. The zero-order chi connectivity index (χ0) is 13.0. The molecule has 1 saturated carbocycles. The second kappa shape index (κ2) is 5.54. The highest BCUT2D eigenvalue weighted by Gasteiger charge is 2.37. The van der Waals surface area contributed by atoms with Crippen LogP contribution < -0.4 is 0 Å². The number of benzene rings is 1. The van der Waals surface area contributed by atoms with Crippen molar-refractivity contribution in [3.8, 4) is 6.07 Å². The summed E-state index contributed by atoms with van der Waals surface area (Å²) in [4.78, 5) is 2.31. The molecule has 2 heteroatoms. The second-order valence-corrected chi connectivity index (χ2v) is 5.66. The molecule has 2 rings (SSSR count). The van der Waals surface area contributed by atoms with E-state index in [1.54, 1.807) is 0 Å². The minimum absolute atomic E-state index is 0.0412. The van der Waals surface area contributed by atoms with Crippen molar-refractivity contribution in [3.05, 3.63) is 35.4 Å². The van der Waals surface area contributed by atoms with Gasteiger partial charge in [-0.25, -0.2) is 0 Å². The molecule has 0 N–H and O–H groups in total. The topological polar surface area (TPSA) is 27.0 Å². The van der Waals surface area contributed by atoms with Crippen LogP contribution in [0, 0.1) is 23.7 Å². The van der Waals surface area contributed by atoms with Gasteiger partial charge in [0.15, 0.2) is 0 Å². The summed E-state index contributed by atoms with van der Waals surface area (Å²) in [6, 6.07) is 11.1. The molecule has 0 bridgehead atoms. The number of hydrogen-bond acceptors (Lipinski definition) is 2. The Bertz CT molecular complexity index is 441. The summed E-state index contributed by atoms with van der Waals surface area (Å²) < 4.78 is 0. The van der Waals surface area contributed by atoms with E-state index in [9.17, 15) is 5.26 Å². The molecule has 0 spiro atoms. The summed E-state index contributed by atoms with van der Waals surface area (Å²) in [5.41, 5.74) is 2.74. The van der Waals surface area contributed by atoms with E-state index in [0.29, 0.717) is 0 Å². The first kappa shape index (κ1) is 13.1. The lowest BCUT2D eigenvalue weighted by Gasteiger charge is -2.38. The highest BCUT2D eigenvalue weighted by molar-refractivity contribution is 5.25. The molecule has 0 atom stereocenters. The van der Waals surface area contributed by atoms with E-state index in [4.69, 9.17) is 0 Å². The third kappa shape index (κ3) is 2.91. The van der Waals surface area contributed by atoms with Gasteiger partial charge in [-0.05, 0) is 44.4 Å². The molecule has 1 fully saturated rings. The van der Waals surface area contributed by atoms with Crippen molar-refractivity contribution in [1.29, 1.82) is 5.26 Å². The van der Waals surface area contributed by atoms with Crippen LogP contribution in [0.3, 0.4) is 0 Å². The Morgan fingerprint density at radius 1 is 1.33 bits per heavy atom. The predicted octanol–water partition coefficient (Wildman–Crippen LogP) is 3.16. The molecule has 0 amide bonds. The number of rotatable bonds is 5. The van der Waals surface area contributed by atoms with Crippen molar-refractivity contribution >= 4 is 0 Å². The summed E-state index contributed by atoms with van der Waals surface area (Å²) in [5, 5.41) is 9.24. The first-order valence-corrected chi connectivity index (χ1v) is 6.79. The van der Waals surface area contributed by atoms with Crippen molar-refractivity contribution in [3.63, 3.8) is 0 Å². The molecule has 0 unspecified atom stereocenters. The van der Waals surface area contributed by atoms with Gasteiger partial charge < -0.3 is 4.90 Å². The Morgan fingerprint density at radius 2 is 2.06 bits per heavy atom. The first-order chi connectivity index (χ1) is 8.65. The summed E-state index contributed by atoms with van der Waals surface area (Å²) in [7, 11) is 2.13. The van der Waals surface area contributed by atoms with Gasteiger partial charge in [0.2, 0.25) is 0 Å². The average molecular weight is 242 g/mol. The Kier molecular flexibility index (Phi) is 4.04. The molecule has 2 nitrogen and oxygen atoms in total. The van der Waals surface area contributed by atoms with E-state index in [-0.39, 0.29) is 5.41 Å². The van der Waals surface area contributed by atoms with Gasteiger partial charge in [0.25, 0.3) is 0 Å². The van der Waals surface area contributed by atoms with Crippen LogP contribution in [0.15, 0.2) is 24.3 Å². The Hall–Kier alpha value is -1.33. The van der Waals surface area contributed by atoms with Crippen molar-refractivity contribution in [1.82, 2.24) is 4.90 Å². The average Bonchev–Trinajstić information content (AvgIpc) is 2.33. The maximum absolute atomic E-state index is 9.24. The van der Waals surface area contributed by atoms with Crippen LogP contribution in [0.1, 0.15) is 30.4 Å². The van der Waals surface area contributed by atoms with Gasteiger partial charge in [-0.1, -0.05) is 30.7 Å². The second-order valence-electron chi connectivity index (χ2n) is 5.66. The fourth-order valence-electron chi connectivity index (χ4n) is 2.71. The molecule has 0 saturated heterocycles. The maximum Gasteiger partial charge on any atom is 0.0703 e. The number of nitrogens with zero attached hydrogens (tertiary/aromatic N) is 2. The van der Waals surface area contributed by atoms with E-state index in [0.717, 1.165) is 32.4 Å². The monoisotopic (exact) mass is 242 g/mol. The molecule has 96 valence electrons. The third-order valence-electron chi connectivity index (χ3n) is 4.14. The molecule has 1 aromatic carbocycles. The molecule has 1 aromatic rings. The highest BCUT2D eigenvalue weighted by Crippen LogP contribution is 2.40. The van der Waals surface area contributed by atoms with Crippen LogP contribution in [0.5, 0.6) is 0 Å². The molecule has 18 heavy (non-hydrogen) atoms. The number of nitriles is 1. The number of aryl methyl sites for hydroxylation is 1. The third-order valence-corrected chi connectivity index (χ3v) is 4.14. The Morgan fingerprint density at radius 3 is 2.61 bits per heavy atom. The van der Waals surface area contributed by atoms with Crippen LogP contribution in [0.25, 0.3) is 0 Å². The molecule has 0 radical (unpaired) electrons. The van der Waals surface area contributed by atoms with Gasteiger partial charge in [-0.3, -0.25) is 0 Å². The lowest BCUT2D eigenvalue weighted by Crippen LogP contribution is -2.40. The summed E-state index contributed by atoms with van der Waals surface area (Å²) in [5.74, 6) is 0. The van der Waals surface area contributed by atoms with Crippen molar-refractivity contribution < 1.29 is 0 Å². The first-order valence-electron chi connectivity index (χ1n) is 6.79. The van der Waals surface area contributed by atoms with Gasteiger partial charge in [0, 0.05) is 13.1 Å². The van der Waals surface area contributed by atoms with Crippen LogP contribution in [0.4, 0.5) is 0 Å². The van der Waals surface area contributed by atoms with E-state index in [1.165, 1.54) is 17.5 Å². The van der Waals surface area contributed by atoms with Crippen LogP contribution in [-0.2, 0) is 6.42 Å².